The van der Waals surface area contributed by atoms with Crippen LogP contribution in [-0.4, -0.2) is 65.4 Å². The van der Waals surface area contributed by atoms with Crippen molar-refractivity contribution >= 4 is 34.9 Å². The lowest BCUT2D eigenvalue weighted by atomic mass is 10.3. The zero-order chi connectivity index (χ0) is 12.7. The Bertz CT molecular complexity index is 267. The maximum absolute atomic E-state index is 11.8. The van der Waals surface area contributed by atoms with Crippen molar-refractivity contribution in [3.05, 3.63) is 0 Å². The minimum absolute atomic E-state index is 0.180. The van der Waals surface area contributed by atoms with Crippen LogP contribution < -0.4 is 5.73 Å². The highest BCUT2D eigenvalue weighted by atomic mass is 32.2. The largest absolute Gasteiger partial charge is 0.393 e. The number of amides is 1. The summed E-state index contributed by atoms with van der Waals surface area (Å²) >= 11 is 6.78. The van der Waals surface area contributed by atoms with Crippen molar-refractivity contribution in [1.29, 1.82) is 0 Å². The monoisotopic (exact) mass is 275 g/mol. The Balaban J connectivity index is 2.16. The summed E-state index contributed by atoms with van der Waals surface area (Å²) in [6.07, 6.45) is 1.20. The van der Waals surface area contributed by atoms with Crippen molar-refractivity contribution < 1.29 is 4.79 Å². The summed E-state index contributed by atoms with van der Waals surface area (Å²) in [7, 11) is 1.81. The van der Waals surface area contributed by atoms with E-state index in [9.17, 15) is 4.79 Å². The predicted molar refractivity (Wildman–Crippen MR) is 77.4 cm³/mol. The van der Waals surface area contributed by atoms with Gasteiger partial charge in [0.1, 0.15) is 0 Å². The number of nitrogens with zero attached hydrogens (tertiary/aromatic N) is 2. The third-order valence-corrected chi connectivity index (χ3v) is 4.01. The Hall–Kier alpha value is -0.330. The minimum atomic E-state index is 0.180. The fraction of sp³-hybridized carbons (Fsp3) is 0.818. The van der Waals surface area contributed by atoms with Gasteiger partial charge in [-0.3, -0.25) is 4.79 Å². The number of thioether (sulfide) groups is 1. The van der Waals surface area contributed by atoms with Gasteiger partial charge in [-0.25, -0.2) is 0 Å². The Morgan fingerprint density at radius 3 is 2.65 bits per heavy atom. The van der Waals surface area contributed by atoms with Gasteiger partial charge in [0.05, 0.1) is 4.99 Å². The molecule has 0 aromatic rings. The summed E-state index contributed by atoms with van der Waals surface area (Å²) in [5.41, 5.74) is 5.41. The number of rotatable bonds is 6. The van der Waals surface area contributed by atoms with Crippen molar-refractivity contribution in [1.82, 2.24) is 9.80 Å². The van der Waals surface area contributed by atoms with Gasteiger partial charge in [-0.05, 0) is 0 Å². The molecule has 0 aromatic heterocycles. The number of hydrogen-bond acceptors (Lipinski definition) is 4. The number of carbonyl (C=O) groups is 1. The first-order chi connectivity index (χ1) is 8.09. The topological polar surface area (TPSA) is 49.6 Å². The van der Waals surface area contributed by atoms with Crippen molar-refractivity contribution in [3.63, 3.8) is 0 Å². The Morgan fingerprint density at radius 2 is 2.06 bits per heavy atom. The van der Waals surface area contributed by atoms with Crippen LogP contribution in [0.2, 0.25) is 0 Å². The van der Waals surface area contributed by atoms with Crippen LogP contribution in [0.4, 0.5) is 0 Å². The molecule has 0 unspecified atom stereocenters. The van der Waals surface area contributed by atoms with Gasteiger partial charge in [-0.15, -0.1) is 0 Å². The Morgan fingerprint density at radius 1 is 1.41 bits per heavy atom. The fourth-order valence-corrected chi connectivity index (χ4v) is 2.74. The van der Waals surface area contributed by atoms with Crippen LogP contribution in [0, 0.1) is 0 Å². The number of hydrogen-bond donors (Lipinski definition) is 1. The molecule has 1 amide bonds. The molecule has 0 spiro atoms. The Labute approximate surface area is 113 Å². The summed E-state index contributed by atoms with van der Waals surface area (Å²) in [5.74, 6) is 2.55. The molecule has 1 aliphatic rings. The predicted octanol–water partition coefficient (Wildman–Crippen LogP) is 0.560. The van der Waals surface area contributed by atoms with Crippen LogP contribution in [0.3, 0.4) is 0 Å². The third-order valence-electron chi connectivity index (χ3n) is 2.86. The first-order valence-corrected chi connectivity index (χ1v) is 7.48. The van der Waals surface area contributed by atoms with E-state index in [1.807, 2.05) is 18.8 Å². The van der Waals surface area contributed by atoms with Crippen molar-refractivity contribution in [2.24, 2.45) is 5.73 Å². The average Bonchev–Trinajstić information content (AvgIpc) is 2.34. The molecule has 98 valence electrons. The molecule has 1 heterocycles. The average molecular weight is 275 g/mol. The third kappa shape index (κ3) is 6.24. The molecule has 17 heavy (non-hydrogen) atoms. The van der Waals surface area contributed by atoms with E-state index in [1.54, 1.807) is 4.90 Å². The van der Waals surface area contributed by atoms with Crippen molar-refractivity contribution in [3.8, 4) is 0 Å². The zero-order valence-corrected chi connectivity index (χ0v) is 12.0. The van der Waals surface area contributed by atoms with Gasteiger partial charge in [-0.2, -0.15) is 11.8 Å². The van der Waals surface area contributed by atoms with Gasteiger partial charge in [0.15, 0.2) is 0 Å². The van der Waals surface area contributed by atoms with Crippen LogP contribution in [0.1, 0.15) is 12.8 Å². The van der Waals surface area contributed by atoms with Gasteiger partial charge in [0.25, 0.3) is 0 Å². The molecule has 1 saturated heterocycles. The lowest BCUT2D eigenvalue weighted by molar-refractivity contribution is -0.130. The van der Waals surface area contributed by atoms with E-state index in [2.05, 4.69) is 4.90 Å². The molecule has 1 fully saturated rings. The molecule has 0 bridgehead atoms. The fourth-order valence-electron chi connectivity index (χ4n) is 1.67. The molecule has 4 nitrogen and oxygen atoms in total. The molecular formula is C11H21N3OS2. The lowest BCUT2D eigenvalue weighted by Crippen LogP contribution is -2.37. The van der Waals surface area contributed by atoms with E-state index in [1.165, 1.54) is 11.5 Å². The molecule has 1 rings (SSSR count). The molecule has 1 aliphatic heterocycles. The molecule has 0 aliphatic carbocycles. The highest BCUT2D eigenvalue weighted by molar-refractivity contribution is 7.99. The second kappa shape index (κ2) is 7.89. The van der Waals surface area contributed by atoms with Crippen LogP contribution >= 0.6 is 24.0 Å². The maximum Gasteiger partial charge on any atom is 0.223 e. The van der Waals surface area contributed by atoms with Crippen LogP contribution in [0.25, 0.3) is 0 Å². The summed E-state index contributed by atoms with van der Waals surface area (Å²) in [6, 6.07) is 0. The van der Waals surface area contributed by atoms with Gasteiger partial charge in [0.2, 0.25) is 5.91 Å². The van der Waals surface area contributed by atoms with Gasteiger partial charge in [0, 0.05) is 57.6 Å². The van der Waals surface area contributed by atoms with Gasteiger partial charge < -0.3 is 15.5 Å². The van der Waals surface area contributed by atoms with Crippen molar-refractivity contribution in [2.75, 3.05) is 44.7 Å². The van der Waals surface area contributed by atoms with E-state index in [0.29, 0.717) is 24.4 Å². The molecular weight excluding hydrogens is 254 g/mol. The first-order valence-electron chi connectivity index (χ1n) is 5.92. The standard InChI is InChI=1S/C11H21N3OS2/c1-13(4-2-10(12)16)11(15)3-5-14-6-8-17-9-7-14/h2-9H2,1H3,(H2,12,16). The van der Waals surface area contributed by atoms with E-state index < -0.39 is 0 Å². The van der Waals surface area contributed by atoms with Crippen LogP contribution in [0.15, 0.2) is 0 Å². The Kier molecular flexibility index (Phi) is 6.84. The van der Waals surface area contributed by atoms with Gasteiger partial charge in [-0.1, -0.05) is 12.2 Å². The first kappa shape index (κ1) is 14.7. The summed E-state index contributed by atoms with van der Waals surface area (Å²) < 4.78 is 0. The zero-order valence-electron chi connectivity index (χ0n) is 10.4. The molecule has 6 heteroatoms. The quantitative estimate of drug-likeness (QED) is 0.718. The molecule has 0 radical (unpaired) electrons. The molecule has 0 saturated carbocycles. The maximum atomic E-state index is 11.8. The smallest absolute Gasteiger partial charge is 0.223 e. The second-order valence-corrected chi connectivity index (χ2v) is 5.98. The minimum Gasteiger partial charge on any atom is -0.393 e. The highest BCUT2D eigenvalue weighted by Gasteiger charge is 2.14. The van der Waals surface area contributed by atoms with E-state index in [0.717, 1.165) is 19.6 Å². The highest BCUT2D eigenvalue weighted by Crippen LogP contribution is 2.09. The van der Waals surface area contributed by atoms with Crippen LogP contribution in [0.5, 0.6) is 0 Å². The summed E-state index contributed by atoms with van der Waals surface area (Å²) in [5, 5.41) is 0. The van der Waals surface area contributed by atoms with Gasteiger partial charge >= 0.3 is 0 Å². The molecule has 0 atom stereocenters. The van der Waals surface area contributed by atoms with E-state index in [4.69, 9.17) is 18.0 Å². The lowest BCUT2D eigenvalue weighted by Gasteiger charge is -2.26. The number of carbonyl (C=O) groups excluding carboxylic acids is 1. The summed E-state index contributed by atoms with van der Waals surface area (Å²) in [6.45, 7) is 3.71. The second-order valence-electron chi connectivity index (χ2n) is 4.24. The van der Waals surface area contributed by atoms with E-state index >= 15 is 0 Å². The van der Waals surface area contributed by atoms with Crippen molar-refractivity contribution in [2.45, 2.75) is 12.8 Å². The van der Waals surface area contributed by atoms with Crippen LogP contribution in [-0.2, 0) is 4.79 Å². The molecule has 0 aromatic carbocycles. The summed E-state index contributed by atoms with van der Waals surface area (Å²) in [4.78, 5) is 16.4. The normalized spacial score (nSPS) is 16.8. The number of thiocarbonyl (C=S) groups is 1. The molecule has 2 N–H and O–H groups in total. The SMILES string of the molecule is CN(CCC(N)=S)C(=O)CCN1CCSCC1. The number of nitrogens with two attached hydrogens (primary N) is 1. The van der Waals surface area contributed by atoms with E-state index in [-0.39, 0.29) is 5.91 Å².